The Labute approximate surface area is 191 Å². The quantitative estimate of drug-likeness (QED) is 0.364. The van der Waals surface area contributed by atoms with E-state index in [9.17, 15) is 13.9 Å². The molecule has 11 heteroatoms. The van der Waals surface area contributed by atoms with Crippen LogP contribution in [0.1, 0.15) is 16.8 Å². The van der Waals surface area contributed by atoms with Crippen molar-refractivity contribution in [2.75, 3.05) is 6.54 Å². The normalized spacial score (nSPS) is 13.2. The van der Waals surface area contributed by atoms with Crippen molar-refractivity contribution >= 4 is 15.9 Å². The zero-order chi connectivity index (χ0) is 22.6. The first-order valence-corrected chi connectivity index (χ1v) is 10.6. The van der Waals surface area contributed by atoms with Crippen molar-refractivity contribution in [3.8, 4) is 0 Å². The number of hydrogen-bond acceptors (Lipinski definition) is 6. The Morgan fingerprint density at radius 2 is 1.91 bits per heavy atom. The highest BCUT2D eigenvalue weighted by Crippen LogP contribution is 2.26. The third kappa shape index (κ3) is 5.42. The predicted molar refractivity (Wildman–Crippen MR) is 115 cm³/mol. The Morgan fingerprint density at radius 3 is 2.62 bits per heavy atom. The van der Waals surface area contributed by atoms with E-state index in [0.29, 0.717) is 18.8 Å². The fourth-order valence-electron chi connectivity index (χ4n) is 3.36. The minimum atomic E-state index is -1.70. The smallest absolute Gasteiger partial charge is 0.137 e. The number of nitrogens with zero attached hydrogens (tertiary/aromatic N) is 6. The monoisotopic (exact) mass is 503 g/mol. The average molecular weight is 504 g/mol. The number of aliphatic hydroxyl groups is 1. The van der Waals surface area contributed by atoms with Crippen LogP contribution in [0.15, 0.2) is 65.8 Å². The van der Waals surface area contributed by atoms with Crippen LogP contribution in [0.5, 0.6) is 0 Å². The van der Waals surface area contributed by atoms with E-state index in [4.69, 9.17) is 0 Å². The summed E-state index contributed by atoms with van der Waals surface area (Å²) in [6.45, 7) is 0.758. The number of aromatic nitrogens is 6. The second-order valence-electron chi connectivity index (χ2n) is 7.39. The molecule has 0 radical (unpaired) electrons. The van der Waals surface area contributed by atoms with Crippen LogP contribution in [0.4, 0.5) is 8.78 Å². The van der Waals surface area contributed by atoms with Crippen molar-refractivity contribution in [3.05, 3.63) is 94.2 Å². The summed E-state index contributed by atoms with van der Waals surface area (Å²) in [7, 11) is 0. The van der Waals surface area contributed by atoms with Crippen LogP contribution in [0.3, 0.4) is 0 Å². The maximum absolute atomic E-state index is 14.5. The van der Waals surface area contributed by atoms with Gasteiger partial charge < -0.3 is 10.4 Å². The van der Waals surface area contributed by atoms with Gasteiger partial charge in [0, 0.05) is 29.2 Å². The first kappa shape index (κ1) is 22.2. The van der Waals surface area contributed by atoms with Gasteiger partial charge in [0.05, 0.1) is 25.0 Å². The maximum Gasteiger partial charge on any atom is 0.137 e. The molecule has 2 aromatic carbocycles. The standard InChI is InChI=1S/C21H20BrF2N7O/c22-16-3-1-15(2-4-16)9-30-10-18(28-29-30)8-25-11-21(32,12-31-14-26-13-27-31)19-6-5-17(23)7-20(19)24/h1-7,10,13-14,25,32H,8-9,11-12H2. The molecule has 1 atom stereocenters. The average Bonchev–Trinajstić information content (AvgIpc) is 3.42. The lowest BCUT2D eigenvalue weighted by atomic mass is 9.92. The minimum Gasteiger partial charge on any atom is -0.382 e. The van der Waals surface area contributed by atoms with Gasteiger partial charge in [-0.15, -0.1) is 5.10 Å². The lowest BCUT2D eigenvalue weighted by molar-refractivity contribution is 0.0117. The molecular weight excluding hydrogens is 484 g/mol. The molecule has 2 heterocycles. The van der Waals surface area contributed by atoms with Crippen molar-refractivity contribution in [2.45, 2.75) is 25.2 Å². The topological polar surface area (TPSA) is 93.7 Å². The molecule has 4 aromatic rings. The minimum absolute atomic E-state index is 0.0328. The van der Waals surface area contributed by atoms with Crippen molar-refractivity contribution < 1.29 is 13.9 Å². The van der Waals surface area contributed by atoms with E-state index in [1.165, 1.54) is 23.4 Å². The van der Waals surface area contributed by atoms with Crippen molar-refractivity contribution in [2.24, 2.45) is 0 Å². The van der Waals surface area contributed by atoms with Crippen LogP contribution in [0.25, 0.3) is 0 Å². The second kappa shape index (κ2) is 9.63. The Kier molecular flexibility index (Phi) is 6.68. The van der Waals surface area contributed by atoms with Crippen LogP contribution in [0.2, 0.25) is 0 Å². The Balaban J connectivity index is 1.43. The molecule has 0 aliphatic heterocycles. The van der Waals surface area contributed by atoms with Gasteiger partial charge in [-0.1, -0.05) is 39.3 Å². The largest absolute Gasteiger partial charge is 0.382 e. The molecule has 0 aliphatic carbocycles. The summed E-state index contributed by atoms with van der Waals surface area (Å²) in [5.74, 6) is -1.56. The molecule has 0 aliphatic rings. The third-order valence-corrected chi connectivity index (χ3v) is 5.42. The molecule has 8 nitrogen and oxygen atoms in total. The summed E-state index contributed by atoms with van der Waals surface area (Å²) >= 11 is 3.41. The van der Waals surface area contributed by atoms with Gasteiger partial charge in [-0.3, -0.25) is 0 Å². The van der Waals surface area contributed by atoms with E-state index in [-0.39, 0.29) is 18.7 Å². The fraction of sp³-hybridized carbons (Fsp3) is 0.238. The number of hydrogen-bond donors (Lipinski definition) is 2. The number of benzene rings is 2. The molecule has 0 fully saturated rings. The van der Waals surface area contributed by atoms with Gasteiger partial charge in [0.15, 0.2) is 0 Å². The Bertz CT molecular complexity index is 1170. The van der Waals surface area contributed by atoms with E-state index in [1.54, 1.807) is 10.9 Å². The molecule has 2 aromatic heterocycles. The lowest BCUT2D eigenvalue weighted by Gasteiger charge is -2.29. The van der Waals surface area contributed by atoms with E-state index < -0.39 is 17.2 Å². The van der Waals surface area contributed by atoms with Gasteiger partial charge in [0.1, 0.15) is 29.9 Å². The summed E-state index contributed by atoms with van der Waals surface area (Å²) in [5.41, 5.74) is -0.00369. The van der Waals surface area contributed by atoms with Crippen molar-refractivity contribution in [3.63, 3.8) is 0 Å². The fourth-order valence-corrected chi connectivity index (χ4v) is 3.62. The molecule has 0 saturated heterocycles. The van der Waals surface area contributed by atoms with Gasteiger partial charge in [0.2, 0.25) is 0 Å². The van der Waals surface area contributed by atoms with Gasteiger partial charge >= 0.3 is 0 Å². The SMILES string of the molecule is OC(CNCc1cn(Cc2ccc(Br)cc2)nn1)(Cn1cncn1)c1ccc(F)cc1F. The number of nitrogens with one attached hydrogen (secondary N) is 1. The Morgan fingerprint density at radius 1 is 1.09 bits per heavy atom. The number of rotatable bonds is 9. The van der Waals surface area contributed by atoms with Gasteiger partial charge in [0.25, 0.3) is 0 Å². The van der Waals surface area contributed by atoms with Gasteiger partial charge in [-0.25, -0.2) is 23.1 Å². The van der Waals surface area contributed by atoms with Crippen LogP contribution >= 0.6 is 15.9 Å². The molecular formula is C21H20BrF2N7O. The van der Waals surface area contributed by atoms with Crippen molar-refractivity contribution in [1.29, 1.82) is 0 Å². The zero-order valence-corrected chi connectivity index (χ0v) is 18.5. The first-order valence-electron chi connectivity index (χ1n) is 9.76. The van der Waals surface area contributed by atoms with Crippen LogP contribution < -0.4 is 5.32 Å². The van der Waals surface area contributed by atoms with Crippen LogP contribution in [-0.4, -0.2) is 41.4 Å². The second-order valence-corrected chi connectivity index (χ2v) is 8.30. The van der Waals surface area contributed by atoms with Crippen molar-refractivity contribution in [1.82, 2.24) is 35.1 Å². The maximum atomic E-state index is 14.5. The first-order chi connectivity index (χ1) is 15.4. The van der Waals surface area contributed by atoms with E-state index in [1.807, 2.05) is 24.3 Å². The molecule has 0 spiro atoms. The molecule has 0 amide bonds. The molecule has 0 bridgehead atoms. The third-order valence-electron chi connectivity index (χ3n) is 4.89. The summed E-state index contributed by atoms with van der Waals surface area (Å²) < 4.78 is 31.9. The van der Waals surface area contributed by atoms with E-state index in [2.05, 4.69) is 41.6 Å². The van der Waals surface area contributed by atoms with E-state index in [0.717, 1.165) is 22.2 Å². The Hall–Kier alpha value is -3.02. The molecule has 0 saturated carbocycles. The number of halogens is 3. The summed E-state index contributed by atoms with van der Waals surface area (Å²) in [5, 5.41) is 26.6. The van der Waals surface area contributed by atoms with Crippen LogP contribution in [0, 0.1) is 11.6 Å². The lowest BCUT2D eigenvalue weighted by Crippen LogP contribution is -2.42. The predicted octanol–water partition coefficient (Wildman–Crippen LogP) is 2.64. The molecule has 166 valence electrons. The highest BCUT2D eigenvalue weighted by atomic mass is 79.9. The van der Waals surface area contributed by atoms with Crippen LogP contribution in [-0.2, 0) is 25.2 Å². The summed E-state index contributed by atoms with van der Waals surface area (Å²) in [6.07, 6.45) is 4.53. The van der Waals surface area contributed by atoms with E-state index >= 15 is 0 Å². The van der Waals surface area contributed by atoms with Gasteiger partial charge in [-0.05, 0) is 23.8 Å². The molecule has 1 unspecified atom stereocenters. The molecule has 2 N–H and O–H groups in total. The highest BCUT2D eigenvalue weighted by Gasteiger charge is 2.33. The summed E-state index contributed by atoms with van der Waals surface area (Å²) in [4.78, 5) is 3.85. The highest BCUT2D eigenvalue weighted by molar-refractivity contribution is 9.10. The zero-order valence-electron chi connectivity index (χ0n) is 16.9. The summed E-state index contributed by atoms with van der Waals surface area (Å²) in [6, 6.07) is 11.0. The molecule has 4 rings (SSSR count). The molecule has 32 heavy (non-hydrogen) atoms. The van der Waals surface area contributed by atoms with Gasteiger partial charge in [-0.2, -0.15) is 5.10 Å².